The number of allylic oxidation sites excluding steroid dienone is 2. The van der Waals surface area contributed by atoms with Crippen LogP contribution in [0.1, 0.15) is 11.1 Å². The maximum Gasteiger partial charge on any atom is 0.271 e. The highest BCUT2D eigenvalue weighted by Gasteiger charge is 2.38. The van der Waals surface area contributed by atoms with Crippen molar-refractivity contribution in [3.05, 3.63) is 74.6 Å². The maximum absolute atomic E-state index is 12.7. The molecule has 1 heterocycles. The molecule has 1 aliphatic heterocycles. The van der Waals surface area contributed by atoms with Crippen molar-refractivity contribution in [2.45, 2.75) is 0 Å². The van der Waals surface area contributed by atoms with Crippen molar-refractivity contribution < 1.29 is 18.3 Å². The number of rotatable bonds is 3. The summed E-state index contributed by atoms with van der Waals surface area (Å²) in [5, 5.41) is 11.2. The third kappa shape index (κ3) is 3.11. The average Bonchev–Trinajstić information content (AvgIpc) is 2.59. The Balaban J connectivity index is 2.07. The zero-order chi connectivity index (χ0) is 19.1. The first-order valence-electron chi connectivity index (χ1n) is 7.42. The molecule has 5 nitrogen and oxygen atoms in total. The van der Waals surface area contributed by atoms with E-state index in [2.05, 4.69) is 0 Å². The van der Waals surface area contributed by atoms with Crippen molar-refractivity contribution in [2.24, 2.45) is 0 Å². The van der Waals surface area contributed by atoms with Gasteiger partial charge in [-0.15, -0.1) is 0 Å². The minimum absolute atomic E-state index is 0.270. The van der Waals surface area contributed by atoms with Crippen LogP contribution in [-0.2, 0) is 14.8 Å². The van der Waals surface area contributed by atoms with E-state index in [0.717, 1.165) is 10.4 Å². The number of aliphatic hydroxyl groups is 1. The van der Waals surface area contributed by atoms with Crippen LogP contribution in [0.4, 0.5) is 5.69 Å². The first-order valence-corrected chi connectivity index (χ1v) is 9.62. The van der Waals surface area contributed by atoms with Crippen LogP contribution in [0.25, 0.3) is 11.8 Å². The molecule has 0 unspecified atom stereocenters. The normalized spacial score (nSPS) is 16.0. The molecule has 3 rings (SSSR count). The smallest absolute Gasteiger partial charge is 0.271 e. The lowest BCUT2D eigenvalue weighted by atomic mass is 10.1. The van der Waals surface area contributed by atoms with Crippen LogP contribution >= 0.6 is 23.2 Å². The second kappa shape index (κ2) is 6.79. The molecule has 0 amide bonds. The Labute approximate surface area is 160 Å². The van der Waals surface area contributed by atoms with E-state index in [1.807, 2.05) is 0 Å². The van der Waals surface area contributed by atoms with Gasteiger partial charge >= 0.3 is 0 Å². The van der Waals surface area contributed by atoms with E-state index in [0.29, 0.717) is 21.3 Å². The summed E-state index contributed by atoms with van der Waals surface area (Å²) in [7, 11) is -2.85. The molecule has 1 aliphatic rings. The van der Waals surface area contributed by atoms with Crippen molar-refractivity contribution in [3.8, 4) is 0 Å². The van der Waals surface area contributed by atoms with Crippen LogP contribution in [0.5, 0.6) is 0 Å². The third-order valence-corrected chi connectivity index (χ3v) is 6.32. The van der Waals surface area contributed by atoms with Crippen LogP contribution in [0.2, 0.25) is 10.0 Å². The lowest BCUT2D eigenvalue weighted by molar-refractivity contribution is -0.110. The molecule has 0 saturated heterocycles. The fourth-order valence-corrected chi connectivity index (χ4v) is 4.42. The largest absolute Gasteiger partial charge is 0.506 e. The maximum atomic E-state index is 12.7. The number of fused-ring (bicyclic) bond motifs is 1. The van der Waals surface area contributed by atoms with Gasteiger partial charge in [0.2, 0.25) is 5.78 Å². The molecular formula is C18H13Cl2NO4S. The SMILES string of the molecule is CN1c2ccccc2C(O)=C(C(=O)/C=C/c2ccc(Cl)cc2Cl)S1(=O)=O. The Morgan fingerprint density at radius 1 is 1.15 bits per heavy atom. The van der Waals surface area contributed by atoms with Gasteiger partial charge in [0.25, 0.3) is 10.0 Å². The Bertz CT molecular complexity index is 1070. The van der Waals surface area contributed by atoms with Gasteiger partial charge in [-0.25, -0.2) is 8.42 Å². The van der Waals surface area contributed by atoms with Gasteiger partial charge in [-0.1, -0.05) is 41.4 Å². The van der Waals surface area contributed by atoms with Gasteiger partial charge in [0.15, 0.2) is 4.91 Å². The lowest BCUT2D eigenvalue weighted by Gasteiger charge is -2.27. The van der Waals surface area contributed by atoms with Crippen molar-refractivity contribution >= 4 is 56.5 Å². The zero-order valence-electron chi connectivity index (χ0n) is 13.5. The standard InChI is InChI=1S/C18H13Cl2NO4S/c1-21-15-5-3-2-4-13(15)17(23)18(26(21,24)25)16(22)9-7-11-6-8-12(19)10-14(11)20/h2-10,23H,1H3/b9-7+. The van der Waals surface area contributed by atoms with Gasteiger partial charge in [-0.05, 0) is 42.0 Å². The van der Waals surface area contributed by atoms with Gasteiger partial charge in [0, 0.05) is 22.7 Å². The molecule has 134 valence electrons. The number of para-hydroxylation sites is 1. The number of halogens is 2. The number of hydrogen-bond donors (Lipinski definition) is 1. The predicted molar refractivity (Wildman–Crippen MR) is 104 cm³/mol. The summed E-state index contributed by atoms with van der Waals surface area (Å²) in [5.41, 5.74) is 1.06. The van der Waals surface area contributed by atoms with Gasteiger partial charge in [-0.2, -0.15) is 0 Å². The average molecular weight is 410 g/mol. The van der Waals surface area contributed by atoms with E-state index in [-0.39, 0.29) is 5.56 Å². The zero-order valence-corrected chi connectivity index (χ0v) is 15.8. The number of sulfonamides is 1. The molecule has 0 aliphatic carbocycles. The molecule has 2 aromatic rings. The fourth-order valence-electron chi connectivity index (χ4n) is 2.58. The van der Waals surface area contributed by atoms with Crippen LogP contribution < -0.4 is 4.31 Å². The molecule has 0 spiro atoms. The van der Waals surface area contributed by atoms with Crippen LogP contribution in [0, 0.1) is 0 Å². The summed E-state index contributed by atoms with van der Waals surface area (Å²) in [4.78, 5) is 11.9. The first-order chi connectivity index (χ1) is 12.2. The number of benzene rings is 2. The Kier molecular flexibility index (Phi) is 4.84. The second-order valence-electron chi connectivity index (χ2n) is 5.53. The van der Waals surface area contributed by atoms with E-state index in [1.54, 1.807) is 36.4 Å². The molecule has 0 aromatic heterocycles. The number of anilines is 1. The second-order valence-corrected chi connectivity index (χ2v) is 8.28. The molecule has 0 atom stereocenters. The fraction of sp³-hybridized carbons (Fsp3) is 0.0556. The Morgan fingerprint density at radius 2 is 1.85 bits per heavy atom. The lowest BCUT2D eigenvalue weighted by Crippen LogP contribution is -2.34. The Hall–Kier alpha value is -2.28. The van der Waals surface area contributed by atoms with Crippen molar-refractivity contribution in [2.75, 3.05) is 11.4 Å². The van der Waals surface area contributed by atoms with Gasteiger partial charge in [0.05, 0.1) is 5.69 Å². The monoisotopic (exact) mass is 409 g/mol. The minimum atomic E-state index is -4.18. The van der Waals surface area contributed by atoms with E-state index < -0.39 is 26.5 Å². The van der Waals surface area contributed by atoms with Crippen molar-refractivity contribution in [1.29, 1.82) is 0 Å². The molecule has 0 fully saturated rings. The number of hydrogen-bond acceptors (Lipinski definition) is 4. The number of nitrogens with zero attached hydrogens (tertiary/aromatic N) is 1. The summed E-state index contributed by atoms with van der Waals surface area (Å²) in [5.74, 6) is -1.43. The van der Waals surface area contributed by atoms with Crippen molar-refractivity contribution in [3.63, 3.8) is 0 Å². The molecule has 0 saturated carbocycles. The highest BCUT2D eigenvalue weighted by Crippen LogP contribution is 2.37. The molecule has 0 bridgehead atoms. The number of carbonyl (C=O) groups excluding carboxylic acids is 1. The van der Waals surface area contributed by atoms with E-state index >= 15 is 0 Å². The molecule has 0 radical (unpaired) electrons. The summed E-state index contributed by atoms with van der Waals surface area (Å²) in [6, 6.07) is 11.1. The predicted octanol–water partition coefficient (Wildman–Crippen LogP) is 4.28. The number of ketones is 1. The van der Waals surface area contributed by atoms with Gasteiger partial charge < -0.3 is 5.11 Å². The summed E-state index contributed by atoms with van der Waals surface area (Å²) in [6.07, 6.45) is 2.43. The highest BCUT2D eigenvalue weighted by atomic mass is 35.5. The van der Waals surface area contributed by atoms with Crippen LogP contribution in [-0.4, -0.2) is 26.4 Å². The molecular weight excluding hydrogens is 397 g/mol. The summed E-state index contributed by atoms with van der Waals surface area (Å²) >= 11 is 11.9. The summed E-state index contributed by atoms with van der Waals surface area (Å²) in [6.45, 7) is 0. The number of aliphatic hydroxyl groups excluding tert-OH is 1. The Morgan fingerprint density at radius 3 is 2.54 bits per heavy atom. The van der Waals surface area contributed by atoms with E-state index in [4.69, 9.17) is 23.2 Å². The van der Waals surface area contributed by atoms with E-state index in [1.165, 1.54) is 19.2 Å². The van der Waals surface area contributed by atoms with E-state index in [9.17, 15) is 18.3 Å². The summed E-state index contributed by atoms with van der Waals surface area (Å²) < 4.78 is 26.3. The van der Waals surface area contributed by atoms with Crippen LogP contribution in [0.3, 0.4) is 0 Å². The van der Waals surface area contributed by atoms with Crippen molar-refractivity contribution in [1.82, 2.24) is 0 Å². The van der Waals surface area contributed by atoms with Crippen LogP contribution in [0.15, 0.2) is 53.4 Å². The third-order valence-electron chi connectivity index (χ3n) is 3.93. The molecule has 2 aromatic carbocycles. The molecule has 1 N–H and O–H groups in total. The highest BCUT2D eigenvalue weighted by molar-refractivity contribution is 7.97. The van der Waals surface area contributed by atoms with Gasteiger partial charge in [0.1, 0.15) is 5.76 Å². The quantitative estimate of drug-likeness (QED) is 0.767. The first kappa shape index (κ1) is 18.5. The minimum Gasteiger partial charge on any atom is -0.506 e. The molecule has 26 heavy (non-hydrogen) atoms. The number of carbonyl (C=O) groups is 1. The van der Waals surface area contributed by atoms with Gasteiger partial charge in [-0.3, -0.25) is 9.10 Å². The molecule has 8 heteroatoms. The topological polar surface area (TPSA) is 74.7 Å².